The Balaban J connectivity index is 4.33. The molecule has 0 aromatic heterocycles. The van der Waals surface area contributed by atoms with Crippen LogP contribution in [0.3, 0.4) is 0 Å². The van der Waals surface area contributed by atoms with Gasteiger partial charge in [-0.3, -0.25) is 9.59 Å². The molecule has 1 unspecified atom stereocenters. The molecule has 0 aliphatic carbocycles. The van der Waals surface area contributed by atoms with Crippen LogP contribution in [-0.2, 0) is 23.8 Å². The molecule has 0 bridgehead atoms. The number of allylic oxidation sites excluding steroid dienone is 14. The van der Waals surface area contributed by atoms with Gasteiger partial charge in [-0.05, 0) is 116 Å². The van der Waals surface area contributed by atoms with E-state index < -0.39 is 6.10 Å². The quantitative estimate of drug-likeness (QED) is 0.0345. The van der Waals surface area contributed by atoms with Crippen molar-refractivity contribution in [2.45, 2.75) is 322 Å². The Labute approximate surface area is 460 Å². The number of hydrogen-bond donors (Lipinski definition) is 0. The van der Waals surface area contributed by atoms with Crippen molar-refractivity contribution in [3.05, 3.63) is 85.1 Å². The summed E-state index contributed by atoms with van der Waals surface area (Å²) in [6.45, 7) is 7.69. The number of carbonyl (C=O) groups excluding carboxylic acids is 2. The van der Waals surface area contributed by atoms with Crippen molar-refractivity contribution in [3.63, 3.8) is 0 Å². The van der Waals surface area contributed by atoms with Gasteiger partial charge in [-0.2, -0.15) is 0 Å². The highest BCUT2D eigenvalue weighted by Gasteiger charge is 2.17. The van der Waals surface area contributed by atoms with Crippen molar-refractivity contribution in [2.75, 3.05) is 19.8 Å². The van der Waals surface area contributed by atoms with Crippen LogP contribution in [0.4, 0.5) is 0 Å². The van der Waals surface area contributed by atoms with Crippen LogP contribution in [0.15, 0.2) is 85.1 Å². The summed E-state index contributed by atoms with van der Waals surface area (Å²) in [6, 6.07) is 0. The van der Waals surface area contributed by atoms with Crippen LogP contribution in [0.5, 0.6) is 0 Å². The fraction of sp³-hybridized carbons (Fsp3) is 0.768. The molecule has 0 fully saturated rings. The molecular weight excluding hydrogens is 909 g/mol. The summed E-state index contributed by atoms with van der Waals surface area (Å²) in [5.41, 5.74) is 0. The highest BCUT2D eigenvalue weighted by molar-refractivity contribution is 5.70. The van der Waals surface area contributed by atoms with Crippen molar-refractivity contribution in [2.24, 2.45) is 0 Å². The first-order chi connectivity index (χ1) is 36.6. The summed E-state index contributed by atoms with van der Waals surface area (Å²) in [7, 11) is 0. The van der Waals surface area contributed by atoms with Crippen LogP contribution in [0.25, 0.3) is 0 Å². The van der Waals surface area contributed by atoms with Gasteiger partial charge < -0.3 is 14.2 Å². The standard InChI is InChI=1S/C69H122O5/c1-4-7-10-13-16-19-22-25-28-31-34-37-40-43-46-49-52-55-58-61-64-72-65-67(74-69(71)63-60-57-54-51-48-45-42-39-36-33-30-27-24-21-18-15-12-9-6-3)66-73-68(70)62-59-56-53-50-47-44-41-38-35-32-29-26-23-20-17-14-11-8-5-2/h7,10,16,19,25-30,34,37,43,46,67H,4-6,8-9,11-15,17-18,20-24,31-33,35-36,38-42,44-45,47-66H2,1-3H3/b10-7-,19-16-,28-25-,29-26-,30-27-,37-34-,46-43-. The lowest BCUT2D eigenvalue weighted by atomic mass is 10.1. The van der Waals surface area contributed by atoms with Gasteiger partial charge in [0.15, 0.2) is 6.10 Å². The highest BCUT2D eigenvalue weighted by atomic mass is 16.6. The molecule has 0 aliphatic rings. The van der Waals surface area contributed by atoms with Crippen LogP contribution < -0.4 is 0 Å². The topological polar surface area (TPSA) is 61.8 Å². The van der Waals surface area contributed by atoms with E-state index in [4.69, 9.17) is 14.2 Å². The molecule has 0 aromatic carbocycles. The Bertz CT molecular complexity index is 1350. The van der Waals surface area contributed by atoms with Crippen molar-refractivity contribution in [1.29, 1.82) is 0 Å². The largest absolute Gasteiger partial charge is 0.462 e. The summed E-state index contributed by atoms with van der Waals surface area (Å²) in [5, 5.41) is 0. The average Bonchev–Trinajstić information content (AvgIpc) is 3.40. The molecule has 0 spiro atoms. The molecule has 0 N–H and O–H groups in total. The van der Waals surface area contributed by atoms with Crippen molar-refractivity contribution < 1.29 is 23.8 Å². The molecule has 0 saturated carbocycles. The van der Waals surface area contributed by atoms with E-state index >= 15 is 0 Å². The monoisotopic (exact) mass is 1030 g/mol. The van der Waals surface area contributed by atoms with Gasteiger partial charge in [0.2, 0.25) is 0 Å². The molecule has 5 nitrogen and oxygen atoms in total. The Morgan fingerprint density at radius 1 is 0.311 bits per heavy atom. The highest BCUT2D eigenvalue weighted by Crippen LogP contribution is 2.16. The second-order valence-electron chi connectivity index (χ2n) is 21.3. The zero-order chi connectivity index (χ0) is 53.4. The fourth-order valence-corrected chi connectivity index (χ4v) is 9.12. The molecule has 5 heteroatoms. The number of carbonyl (C=O) groups is 2. The maximum Gasteiger partial charge on any atom is 0.306 e. The third kappa shape index (κ3) is 61.6. The van der Waals surface area contributed by atoms with Gasteiger partial charge in [-0.1, -0.05) is 273 Å². The molecule has 0 aliphatic heterocycles. The Morgan fingerprint density at radius 3 is 0.986 bits per heavy atom. The van der Waals surface area contributed by atoms with Gasteiger partial charge in [0.05, 0.1) is 6.61 Å². The van der Waals surface area contributed by atoms with Gasteiger partial charge in [0, 0.05) is 19.4 Å². The first-order valence-electron chi connectivity index (χ1n) is 32.1. The minimum absolute atomic E-state index is 0.0716. The number of ether oxygens (including phenoxy) is 3. The normalized spacial score (nSPS) is 12.7. The van der Waals surface area contributed by atoms with E-state index in [1.165, 1.54) is 205 Å². The number of rotatable bonds is 59. The Kier molecular flexibility index (Phi) is 61.8. The van der Waals surface area contributed by atoms with Gasteiger partial charge in [-0.15, -0.1) is 0 Å². The number of hydrogen-bond acceptors (Lipinski definition) is 5. The Hall–Kier alpha value is -2.92. The Morgan fingerprint density at radius 2 is 0.608 bits per heavy atom. The van der Waals surface area contributed by atoms with Crippen molar-refractivity contribution in [1.82, 2.24) is 0 Å². The van der Waals surface area contributed by atoms with Gasteiger partial charge in [0.25, 0.3) is 0 Å². The summed E-state index contributed by atoms with van der Waals surface area (Å²) in [6.07, 6.45) is 86.2. The molecule has 0 heterocycles. The summed E-state index contributed by atoms with van der Waals surface area (Å²) in [4.78, 5) is 25.6. The van der Waals surface area contributed by atoms with Crippen molar-refractivity contribution >= 4 is 11.9 Å². The molecule has 428 valence electrons. The first kappa shape index (κ1) is 71.1. The minimum Gasteiger partial charge on any atom is -0.462 e. The van der Waals surface area contributed by atoms with Crippen LogP contribution in [-0.4, -0.2) is 37.9 Å². The van der Waals surface area contributed by atoms with E-state index in [9.17, 15) is 9.59 Å². The lowest BCUT2D eigenvalue weighted by molar-refractivity contribution is -0.163. The third-order valence-corrected chi connectivity index (χ3v) is 13.9. The van der Waals surface area contributed by atoms with Gasteiger partial charge in [0.1, 0.15) is 6.61 Å². The minimum atomic E-state index is -0.557. The van der Waals surface area contributed by atoms with Gasteiger partial charge in [-0.25, -0.2) is 0 Å². The van der Waals surface area contributed by atoms with Crippen LogP contribution in [0.2, 0.25) is 0 Å². The second kappa shape index (κ2) is 64.4. The predicted octanol–water partition coefficient (Wildman–Crippen LogP) is 22.4. The van der Waals surface area contributed by atoms with E-state index in [2.05, 4.69) is 106 Å². The second-order valence-corrected chi connectivity index (χ2v) is 21.3. The molecule has 1 atom stereocenters. The third-order valence-electron chi connectivity index (χ3n) is 13.9. The molecule has 0 rings (SSSR count). The lowest BCUT2D eigenvalue weighted by Crippen LogP contribution is -2.30. The van der Waals surface area contributed by atoms with E-state index in [1.54, 1.807) is 0 Å². The molecule has 0 aromatic rings. The zero-order valence-corrected chi connectivity index (χ0v) is 49.3. The fourth-order valence-electron chi connectivity index (χ4n) is 9.12. The average molecular weight is 1030 g/mol. The number of esters is 2. The molecule has 0 saturated heterocycles. The number of unbranched alkanes of at least 4 members (excludes halogenated alkanes) is 34. The van der Waals surface area contributed by atoms with Gasteiger partial charge >= 0.3 is 11.9 Å². The smallest absolute Gasteiger partial charge is 0.306 e. The zero-order valence-electron chi connectivity index (χ0n) is 49.3. The molecule has 74 heavy (non-hydrogen) atoms. The first-order valence-corrected chi connectivity index (χ1v) is 32.1. The molecular formula is C69H122O5. The van der Waals surface area contributed by atoms with Crippen LogP contribution in [0, 0.1) is 0 Å². The molecule has 0 radical (unpaired) electrons. The van der Waals surface area contributed by atoms with E-state index in [0.717, 1.165) is 77.0 Å². The lowest BCUT2D eigenvalue weighted by Gasteiger charge is -2.18. The predicted molar refractivity (Wildman–Crippen MR) is 325 cm³/mol. The van der Waals surface area contributed by atoms with E-state index in [-0.39, 0.29) is 25.2 Å². The maximum absolute atomic E-state index is 12.9. The van der Waals surface area contributed by atoms with Crippen LogP contribution >= 0.6 is 0 Å². The van der Waals surface area contributed by atoms with E-state index in [0.29, 0.717) is 19.4 Å². The van der Waals surface area contributed by atoms with Crippen molar-refractivity contribution in [3.8, 4) is 0 Å². The maximum atomic E-state index is 12.9. The SMILES string of the molecule is CC/C=C\C/C=C\C/C=C\C/C=C\C/C=C\CCCCCCOCC(COC(=O)CCCCCCCCCCC/C=C\CCCCCCCC)OC(=O)CCCCCCCCCCC/C=C\CCCCCCCC. The van der Waals surface area contributed by atoms with Crippen LogP contribution in [0.1, 0.15) is 316 Å². The summed E-state index contributed by atoms with van der Waals surface area (Å²) < 4.78 is 17.5. The van der Waals surface area contributed by atoms with E-state index in [1.807, 2.05) is 0 Å². The molecule has 0 amide bonds. The summed E-state index contributed by atoms with van der Waals surface area (Å²) >= 11 is 0. The summed E-state index contributed by atoms with van der Waals surface area (Å²) in [5.74, 6) is -0.406.